The van der Waals surface area contributed by atoms with Crippen molar-refractivity contribution >= 4 is 33.8 Å². The van der Waals surface area contributed by atoms with Crippen molar-refractivity contribution in [3.05, 3.63) is 0 Å². The fourth-order valence-electron chi connectivity index (χ4n) is 1.00. The maximum Gasteiger partial charge on any atom is 0.324 e. The summed E-state index contributed by atoms with van der Waals surface area (Å²) in [5, 5.41) is 2.35. The van der Waals surface area contributed by atoms with Gasteiger partial charge in [-0.25, -0.2) is 4.79 Å². The summed E-state index contributed by atoms with van der Waals surface area (Å²) in [6, 6.07) is -0.483. The molecule has 78 valence electrons. The average Bonchev–Trinajstić information content (AvgIpc) is 2.48. The third-order valence-electron chi connectivity index (χ3n) is 1.74. The topological polar surface area (TPSA) is 75.7 Å². The molecule has 1 rings (SSSR count). The molecule has 0 spiro atoms. The van der Waals surface area contributed by atoms with E-state index in [2.05, 4.69) is 26.0 Å². The van der Waals surface area contributed by atoms with E-state index in [9.17, 15) is 14.4 Å². The van der Waals surface area contributed by atoms with E-state index >= 15 is 0 Å². The van der Waals surface area contributed by atoms with Crippen molar-refractivity contribution in [3.63, 3.8) is 0 Å². The number of hydrogen-bond donors (Lipinski definition) is 1. The second-order valence-electron chi connectivity index (χ2n) is 2.65. The molecule has 0 aliphatic carbocycles. The number of methoxy groups -OCH3 is 1. The smallest absolute Gasteiger partial charge is 0.324 e. The van der Waals surface area contributed by atoms with Crippen LogP contribution >= 0.6 is 15.9 Å². The van der Waals surface area contributed by atoms with Gasteiger partial charge in [-0.15, -0.1) is 0 Å². The van der Waals surface area contributed by atoms with Crippen molar-refractivity contribution in [2.75, 3.05) is 20.2 Å². The maximum atomic E-state index is 11.1. The molecule has 3 amide bonds. The van der Waals surface area contributed by atoms with E-state index in [0.29, 0.717) is 0 Å². The van der Waals surface area contributed by atoms with E-state index in [4.69, 9.17) is 0 Å². The summed E-state index contributed by atoms with van der Waals surface area (Å²) in [6.45, 7) is -0.0307. The molecule has 0 radical (unpaired) electrons. The Balaban J connectivity index is 2.55. The van der Waals surface area contributed by atoms with Crippen LogP contribution in [0.25, 0.3) is 0 Å². The van der Waals surface area contributed by atoms with Crippen LogP contribution in [0.1, 0.15) is 0 Å². The molecule has 0 aromatic rings. The Morgan fingerprint density at radius 1 is 1.71 bits per heavy atom. The number of hydrogen-bond acceptors (Lipinski definition) is 4. The van der Waals surface area contributed by atoms with Crippen molar-refractivity contribution in [1.82, 2.24) is 10.2 Å². The highest BCUT2D eigenvalue weighted by atomic mass is 79.9. The molecule has 6 nitrogen and oxygen atoms in total. The van der Waals surface area contributed by atoms with Gasteiger partial charge in [0.05, 0.1) is 20.2 Å². The van der Waals surface area contributed by atoms with Gasteiger partial charge in [-0.1, -0.05) is 15.9 Å². The highest BCUT2D eigenvalue weighted by Gasteiger charge is 2.32. The van der Waals surface area contributed by atoms with Crippen LogP contribution in [0.2, 0.25) is 0 Å². The highest BCUT2D eigenvalue weighted by molar-refractivity contribution is 9.10. The minimum absolute atomic E-state index is 0.0142. The number of urea groups is 1. The predicted molar refractivity (Wildman–Crippen MR) is 49.8 cm³/mol. The lowest BCUT2D eigenvalue weighted by Crippen LogP contribution is -2.38. The van der Waals surface area contributed by atoms with Crippen LogP contribution in [0.5, 0.6) is 0 Å². The number of carbonyl (C=O) groups is 3. The molecule has 1 N–H and O–H groups in total. The molecule has 1 heterocycles. The van der Waals surface area contributed by atoms with E-state index in [1.54, 1.807) is 0 Å². The summed E-state index contributed by atoms with van der Waals surface area (Å²) in [5.74, 6) is -0.860. The third-order valence-corrected chi connectivity index (χ3v) is 2.40. The number of imide groups is 1. The fourth-order valence-corrected chi connectivity index (χ4v) is 1.48. The van der Waals surface area contributed by atoms with Gasteiger partial charge in [0.15, 0.2) is 0 Å². The van der Waals surface area contributed by atoms with E-state index in [0.717, 1.165) is 4.90 Å². The highest BCUT2D eigenvalue weighted by Crippen LogP contribution is 2.08. The van der Waals surface area contributed by atoms with Gasteiger partial charge in [0.1, 0.15) is 4.83 Å². The second kappa shape index (κ2) is 4.41. The van der Waals surface area contributed by atoms with E-state index in [1.807, 2.05) is 0 Å². The van der Waals surface area contributed by atoms with Crippen LogP contribution in [0.3, 0.4) is 0 Å². The van der Waals surface area contributed by atoms with Crippen LogP contribution in [0.15, 0.2) is 0 Å². The number of amides is 3. The summed E-state index contributed by atoms with van der Waals surface area (Å²) in [6.07, 6.45) is 0. The zero-order valence-corrected chi connectivity index (χ0v) is 9.04. The third kappa shape index (κ3) is 2.22. The van der Waals surface area contributed by atoms with Crippen LogP contribution in [0.4, 0.5) is 4.79 Å². The fraction of sp³-hybridized carbons (Fsp3) is 0.571. The van der Waals surface area contributed by atoms with Gasteiger partial charge >= 0.3 is 12.0 Å². The molecule has 1 atom stereocenters. The first-order chi connectivity index (χ1) is 6.56. The van der Waals surface area contributed by atoms with Crippen LogP contribution < -0.4 is 5.32 Å². The van der Waals surface area contributed by atoms with Crippen molar-refractivity contribution in [1.29, 1.82) is 0 Å². The molecular formula is C7H9BrN2O4. The Morgan fingerprint density at radius 3 is 2.79 bits per heavy atom. The zero-order chi connectivity index (χ0) is 10.7. The van der Waals surface area contributed by atoms with Crippen molar-refractivity contribution in [2.45, 2.75) is 4.83 Å². The van der Waals surface area contributed by atoms with Crippen LogP contribution in [0, 0.1) is 0 Å². The predicted octanol–water partition coefficient (Wildman–Crippen LogP) is -0.525. The maximum absolute atomic E-state index is 11.1. The van der Waals surface area contributed by atoms with Gasteiger partial charge < -0.3 is 10.1 Å². The molecule has 1 aliphatic heterocycles. The Hall–Kier alpha value is -1.11. The molecule has 14 heavy (non-hydrogen) atoms. The minimum Gasteiger partial charge on any atom is -0.468 e. The van der Waals surface area contributed by atoms with Gasteiger partial charge in [-0.2, -0.15) is 0 Å². The first-order valence-electron chi connectivity index (χ1n) is 3.86. The first kappa shape index (κ1) is 11.0. The lowest BCUT2D eigenvalue weighted by Gasteiger charge is -2.14. The molecule has 1 saturated heterocycles. The van der Waals surface area contributed by atoms with Gasteiger partial charge in [0.2, 0.25) is 5.91 Å². The SMILES string of the molecule is COC(=O)C(Br)CN1C(=O)CNC1=O. The number of rotatable bonds is 3. The summed E-state index contributed by atoms with van der Waals surface area (Å²) in [5.41, 5.74) is 0. The molecular weight excluding hydrogens is 256 g/mol. The summed E-state index contributed by atoms with van der Waals surface area (Å²) in [4.78, 5) is 33.4. The lowest BCUT2D eigenvalue weighted by molar-refractivity contribution is -0.140. The summed E-state index contributed by atoms with van der Waals surface area (Å²) < 4.78 is 4.44. The van der Waals surface area contributed by atoms with E-state index in [-0.39, 0.29) is 19.0 Å². The summed E-state index contributed by atoms with van der Waals surface area (Å²) >= 11 is 3.02. The lowest BCUT2D eigenvalue weighted by atomic mass is 10.4. The number of nitrogens with zero attached hydrogens (tertiary/aromatic N) is 1. The number of halogens is 1. The Labute approximate surface area is 88.7 Å². The van der Waals surface area contributed by atoms with Gasteiger partial charge in [0.25, 0.3) is 0 Å². The molecule has 7 heteroatoms. The average molecular weight is 265 g/mol. The quantitative estimate of drug-likeness (QED) is 0.423. The van der Waals surface area contributed by atoms with Crippen molar-refractivity contribution < 1.29 is 19.1 Å². The monoisotopic (exact) mass is 264 g/mol. The zero-order valence-electron chi connectivity index (χ0n) is 7.45. The molecule has 1 unspecified atom stereocenters. The molecule has 0 saturated carbocycles. The number of nitrogens with one attached hydrogen (secondary N) is 1. The molecule has 1 fully saturated rings. The standard InChI is InChI=1S/C7H9BrN2O4/c1-14-6(12)4(8)3-10-5(11)2-9-7(10)13/h4H,2-3H2,1H3,(H,9,13). The van der Waals surface area contributed by atoms with Crippen molar-refractivity contribution in [2.24, 2.45) is 0 Å². The van der Waals surface area contributed by atoms with Gasteiger partial charge in [0, 0.05) is 0 Å². The normalized spacial score (nSPS) is 18.0. The van der Waals surface area contributed by atoms with Crippen LogP contribution in [-0.2, 0) is 14.3 Å². The first-order valence-corrected chi connectivity index (χ1v) is 4.78. The Morgan fingerprint density at radius 2 is 2.36 bits per heavy atom. The second-order valence-corrected chi connectivity index (χ2v) is 3.76. The molecule has 0 aromatic heterocycles. The van der Waals surface area contributed by atoms with Gasteiger partial charge in [-0.3, -0.25) is 14.5 Å². The number of carbonyl (C=O) groups excluding carboxylic acids is 3. The largest absolute Gasteiger partial charge is 0.468 e. The van der Waals surface area contributed by atoms with E-state index in [1.165, 1.54) is 7.11 Å². The Kier molecular flexibility index (Phi) is 3.45. The Bertz CT molecular complexity index is 265. The molecule has 1 aliphatic rings. The number of alkyl halides is 1. The molecule has 0 bridgehead atoms. The number of ether oxygens (including phenoxy) is 1. The van der Waals surface area contributed by atoms with Crippen LogP contribution in [-0.4, -0.2) is 47.8 Å². The number of esters is 1. The van der Waals surface area contributed by atoms with Gasteiger partial charge in [-0.05, 0) is 0 Å². The summed E-state index contributed by atoms with van der Waals surface area (Å²) in [7, 11) is 1.24. The van der Waals surface area contributed by atoms with E-state index < -0.39 is 16.8 Å². The van der Waals surface area contributed by atoms with Crippen molar-refractivity contribution in [3.8, 4) is 0 Å². The molecule has 0 aromatic carbocycles. The minimum atomic E-state index is -0.680.